The maximum atomic E-state index is 12.6. The largest absolute Gasteiger partial charge is 0.507 e. The summed E-state index contributed by atoms with van der Waals surface area (Å²) in [6.07, 6.45) is 0. The number of aryl methyl sites for hydroxylation is 2. The minimum atomic E-state index is -1.21. The number of thiazole rings is 1. The zero-order valence-corrected chi connectivity index (χ0v) is 13.4. The van der Waals surface area contributed by atoms with Crippen LogP contribution >= 0.6 is 11.3 Å². The molecular formula is C15H15N3O4S. The minimum absolute atomic E-state index is 0.189. The van der Waals surface area contributed by atoms with Gasteiger partial charge in [-0.2, -0.15) is 0 Å². The topological polar surface area (TPSA) is 94.0 Å². The van der Waals surface area contributed by atoms with Crippen LogP contribution in [0.2, 0.25) is 0 Å². The summed E-state index contributed by atoms with van der Waals surface area (Å²) in [6.45, 7) is 4.73. The van der Waals surface area contributed by atoms with E-state index in [1.165, 1.54) is 34.4 Å². The second-order valence-corrected chi connectivity index (χ2v) is 6.40. The van der Waals surface area contributed by atoms with Crippen LogP contribution in [0.1, 0.15) is 21.1 Å². The number of aromatic carboxylic acids is 1. The molecule has 1 aliphatic rings. The predicted octanol–water partition coefficient (Wildman–Crippen LogP) is 2.61. The molecule has 0 radical (unpaired) electrons. The Morgan fingerprint density at radius 1 is 1.26 bits per heavy atom. The summed E-state index contributed by atoms with van der Waals surface area (Å²) < 4.78 is 0. The molecule has 2 amide bonds. The molecule has 0 unspecified atom stereocenters. The number of anilines is 2. The summed E-state index contributed by atoms with van der Waals surface area (Å²) in [6, 6.07) is 3.91. The zero-order chi connectivity index (χ0) is 16.7. The van der Waals surface area contributed by atoms with Gasteiger partial charge < -0.3 is 10.2 Å². The number of carboxylic acid groups (broad SMARTS) is 1. The number of carbonyl (C=O) groups excluding carboxylic acids is 1. The molecule has 1 saturated heterocycles. The van der Waals surface area contributed by atoms with Crippen LogP contribution in [0.5, 0.6) is 5.75 Å². The van der Waals surface area contributed by atoms with Crippen molar-refractivity contribution in [2.75, 3.05) is 22.9 Å². The number of amides is 2. The lowest BCUT2D eigenvalue weighted by Crippen LogP contribution is -2.31. The number of nitrogens with zero attached hydrogens (tertiary/aromatic N) is 3. The van der Waals surface area contributed by atoms with Crippen LogP contribution in [0.4, 0.5) is 15.5 Å². The molecule has 23 heavy (non-hydrogen) atoms. The summed E-state index contributed by atoms with van der Waals surface area (Å²) in [5.74, 6) is -1.56. The van der Waals surface area contributed by atoms with Crippen LogP contribution in [-0.2, 0) is 0 Å². The summed E-state index contributed by atoms with van der Waals surface area (Å²) in [7, 11) is 0. The molecule has 1 aromatic heterocycles. The summed E-state index contributed by atoms with van der Waals surface area (Å²) in [4.78, 5) is 31.1. The lowest BCUT2D eigenvalue weighted by atomic mass is 10.1. The number of hydrogen-bond donors (Lipinski definition) is 2. The van der Waals surface area contributed by atoms with E-state index >= 15 is 0 Å². The molecule has 0 atom stereocenters. The van der Waals surface area contributed by atoms with Gasteiger partial charge in [0, 0.05) is 24.8 Å². The molecule has 8 heteroatoms. The number of rotatable bonds is 3. The van der Waals surface area contributed by atoms with Crippen molar-refractivity contribution in [1.82, 2.24) is 4.98 Å². The Morgan fingerprint density at radius 2 is 1.96 bits per heavy atom. The second-order valence-electron chi connectivity index (χ2n) is 5.22. The molecule has 7 nitrogen and oxygen atoms in total. The number of urea groups is 1. The van der Waals surface area contributed by atoms with E-state index in [4.69, 9.17) is 5.11 Å². The fraction of sp³-hybridized carbons (Fsp3) is 0.267. The zero-order valence-electron chi connectivity index (χ0n) is 12.6. The third-order valence-corrected chi connectivity index (χ3v) is 4.75. The molecule has 120 valence electrons. The maximum Gasteiger partial charge on any atom is 0.339 e. The number of aromatic hydroxyl groups is 1. The number of carboxylic acids is 1. The van der Waals surface area contributed by atoms with Crippen molar-refractivity contribution in [3.63, 3.8) is 0 Å². The number of aromatic nitrogens is 1. The highest BCUT2D eigenvalue weighted by molar-refractivity contribution is 7.16. The van der Waals surface area contributed by atoms with Crippen LogP contribution in [0, 0.1) is 13.8 Å². The van der Waals surface area contributed by atoms with Crippen LogP contribution in [0.25, 0.3) is 0 Å². The fourth-order valence-electron chi connectivity index (χ4n) is 2.60. The van der Waals surface area contributed by atoms with E-state index in [2.05, 4.69) is 4.98 Å². The van der Waals surface area contributed by atoms with Gasteiger partial charge in [-0.05, 0) is 26.0 Å². The average molecular weight is 333 g/mol. The molecule has 0 saturated carbocycles. The first-order chi connectivity index (χ1) is 10.9. The van der Waals surface area contributed by atoms with Crippen molar-refractivity contribution in [3.05, 3.63) is 34.5 Å². The van der Waals surface area contributed by atoms with Crippen LogP contribution < -0.4 is 9.80 Å². The highest BCUT2D eigenvalue weighted by atomic mass is 32.1. The predicted molar refractivity (Wildman–Crippen MR) is 86.7 cm³/mol. The van der Waals surface area contributed by atoms with E-state index in [1.54, 1.807) is 4.90 Å². The highest BCUT2D eigenvalue weighted by Gasteiger charge is 2.33. The number of hydrogen-bond acceptors (Lipinski definition) is 5. The van der Waals surface area contributed by atoms with Crippen molar-refractivity contribution in [2.45, 2.75) is 13.8 Å². The monoisotopic (exact) mass is 333 g/mol. The van der Waals surface area contributed by atoms with Gasteiger partial charge in [0.25, 0.3) is 0 Å². The number of phenols is 1. The molecule has 0 aliphatic carbocycles. The standard InChI is InChI=1S/C15H15N3O4S/c1-8-13(23-9(2)16-8)18-6-5-17(15(18)22)10-3-4-11(14(20)21)12(19)7-10/h3-4,7,19H,5-6H2,1-2H3,(H,20,21). The van der Waals surface area contributed by atoms with E-state index < -0.39 is 5.97 Å². The third-order valence-electron chi connectivity index (χ3n) is 3.66. The molecular weight excluding hydrogens is 318 g/mol. The lowest BCUT2D eigenvalue weighted by Gasteiger charge is -2.18. The molecule has 0 bridgehead atoms. The third kappa shape index (κ3) is 2.61. The van der Waals surface area contributed by atoms with Gasteiger partial charge in [-0.1, -0.05) is 0 Å². The number of benzene rings is 1. The van der Waals surface area contributed by atoms with Crippen molar-refractivity contribution in [3.8, 4) is 5.75 Å². The Kier molecular flexibility index (Phi) is 3.69. The Bertz CT molecular complexity index is 802. The van der Waals surface area contributed by atoms with Gasteiger partial charge in [0.05, 0.1) is 10.7 Å². The Hall–Kier alpha value is -2.61. The molecule has 3 rings (SSSR count). The lowest BCUT2D eigenvalue weighted by molar-refractivity contribution is 0.0694. The van der Waals surface area contributed by atoms with Crippen LogP contribution in [-0.4, -0.2) is 40.3 Å². The van der Waals surface area contributed by atoms with E-state index in [-0.39, 0.29) is 17.3 Å². The van der Waals surface area contributed by atoms with Gasteiger partial charge >= 0.3 is 12.0 Å². The van der Waals surface area contributed by atoms with Gasteiger partial charge in [0.2, 0.25) is 0 Å². The maximum absolute atomic E-state index is 12.6. The quantitative estimate of drug-likeness (QED) is 0.900. The smallest absolute Gasteiger partial charge is 0.339 e. The van der Waals surface area contributed by atoms with Crippen molar-refractivity contribution >= 4 is 34.0 Å². The van der Waals surface area contributed by atoms with Crippen LogP contribution in [0.3, 0.4) is 0 Å². The molecule has 0 spiro atoms. The van der Waals surface area contributed by atoms with Gasteiger partial charge in [-0.15, -0.1) is 11.3 Å². The Labute approximate surface area is 136 Å². The molecule has 2 aromatic rings. The Balaban J connectivity index is 1.89. The molecule has 2 heterocycles. The van der Waals surface area contributed by atoms with Gasteiger partial charge in [-0.25, -0.2) is 14.6 Å². The average Bonchev–Trinajstić information content (AvgIpc) is 3.00. The first-order valence-electron chi connectivity index (χ1n) is 6.98. The van der Waals surface area contributed by atoms with E-state index in [1.807, 2.05) is 13.8 Å². The van der Waals surface area contributed by atoms with E-state index in [0.717, 1.165) is 15.7 Å². The summed E-state index contributed by atoms with van der Waals surface area (Å²) in [5.41, 5.74) is 1.09. The van der Waals surface area contributed by atoms with Gasteiger partial charge in [0.15, 0.2) is 0 Å². The van der Waals surface area contributed by atoms with Crippen molar-refractivity contribution in [2.24, 2.45) is 0 Å². The first-order valence-corrected chi connectivity index (χ1v) is 7.79. The first kappa shape index (κ1) is 15.3. The number of carbonyl (C=O) groups is 2. The van der Waals surface area contributed by atoms with Gasteiger partial charge in [-0.3, -0.25) is 9.80 Å². The van der Waals surface area contributed by atoms with Crippen LogP contribution in [0.15, 0.2) is 18.2 Å². The molecule has 1 aromatic carbocycles. The van der Waals surface area contributed by atoms with E-state index in [9.17, 15) is 14.7 Å². The SMILES string of the molecule is Cc1nc(C)c(N2CCN(c3ccc(C(=O)O)c(O)c3)C2=O)s1. The molecule has 1 fully saturated rings. The summed E-state index contributed by atoms with van der Waals surface area (Å²) in [5, 5.41) is 20.5. The Morgan fingerprint density at radius 3 is 2.52 bits per heavy atom. The fourth-order valence-corrected chi connectivity index (χ4v) is 3.54. The molecule has 2 N–H and O–H groups in total. The second kappa shape index (κ2) is 5.54. The minimum Gasteiger partial charge on any atom is -0.507 e. The van der Waals surface area contributed by atoms with Crippen molar-refractivity contribution in [1.29, 1.82) is 0 Å². The normalized spacial score (nSPS) is 14.6. The summed E-state index contributed by atoms with van der Waals surface area (Å²) >= 11 is 1.46. The highest BCUT2D eigenvalue weighted by Crippen LogP contribution is 2.33. The van der Waals surface area contributed by atoms with Crippen molar-refractivity contribution < 1.29 is 19.8 Å². The molecule has 1 aliphatic heterocycles. The van der Waals surface area contributed by atoms with E-state index in [0.29, 0.717) is 18.8 Å². The van der Waals surface area contributed by atoms with Gasteiger partial charge in [0.1, 0.15) is 16.3 Å².